The highest BCUT2D eigenvalue weighted by Gasteiger charge is 2.19. The number of hydrogen-bond donors (Lipinski definition) is 2. The number of hydrogen-bond acceptors (Lipinski definition) is 5. The number of nitrogens with one attached hydrogen (secondary N) is 1. The van der Waals surface area contributed by atoms with Crippen molar-refractivity contribution in [2.45, 2.75) is 6.92 Å². The first kappa shape index (κ1) is 20.3. The van der Waals surface area contributed by atoms with E-state index in [2.05, 4.69) is 15.4 Å². The van der Waals surface area contributed by atoms with Crippen LogP contribution in [-0.4, -0.2) is 30.7 Å². The third-order valence-electron chi connectivity index (χ3n) is 5.18. The summed E-state index contributed by atoms with van der Waals surface area (Å²) >= 11 is 0. The molecule has 9 heteroatoms. The predicted molar refractivity (Wildman–Crippen MR) is 118 cm³/mol. The number of anilines is 1. The number of aryl methyl sites for hydroxylation is 1. The van der Waals surface area contributed by atoms with Crippen molar-refractivity contribution >= 4 is 17.4 Å². The van der Waals surface area contributed by atoms with Gasteiger partial charge in [-0.3, -0.25) is 10.0 Å². The molecule has 4 heterocycles. The van der Waals surface area contributed by atoms with Crippen molar-refractivity contribution in [1.82, 2.24) is 19.6 Å². The van der Waals surface area contributed by atoms with Crippen molar-refractivity contribution in [2.75, 3.05) is 5.32 Å². The molecular weight excluding hydrogens is 423 g/mol. The first-order valence-corrected chi connectivity index (χ1v) is 10.1. The molecule has 5 rings (SSSR count). The number of carbonyl (C=O) groups is 1. The van der Waals surface area contributed by atoms with E-state index in [1.807, 2.05) is 6.07 Å². The highest BCUT2D eigenvalue weighted by molar-refractivity contribution is 6.03. The van der Waals surface area contributed by atoms with Crippen molar-refractivity contribution in [3.05, 3.63) is 96.3 Å². The second-order valence-electron chi connectivity index (χ2n) is 7.42. The highest BCUT2D eigenvalue weighted by Crippen LogP contribution is 2.33. The molecule has 0 radical (unpaired) electrons. The number of amides is 1. The van der Waals surface area contributed by atoms with Gasteiger partial charge >= 0.3 is 0 Å². The number of benzene rings is 1. The van der Waals surface area contributed by atoms with Crippen molar-refractivity contribution in [3.63, 3.8) is 0 Å². The van der Waals surface area contributed by atoms with Crippen LogP contribution in [-0.2, 0) is 0 Å². The van der Waals surface area contributed by atoms with Crippen LogP contribution in [0.2, 0.25) is 0 Å². The van der Waals surface area contributed by atoms with Gasteiger partial charge in [-0.15, -0.1) is 0 Å². The van der Waals surface area contributed by atoms with Gasteiger partial charge in [0.05, 0.1) is 11.3 Å². The Morgan fingerprint density at radius 1 is 1.06 bits per heavy atom. The Balaban J connectivity index is 1.58. The second kappa shape index (κ2) is 8.12. The first-order chi connectivity index (χ1) is 16.0. The Hall–Kier alpha value is -4.66. The number of imidazole rings is 1. The zero-order valence-corrected chi connectivity index (χ0v) is 17.5. The minimum absolute atomic E-state index is 0.288. The maximum atomic E-state index is 13.9. The van der Waals surface area contributed by atoms with Gasteiger partial charge in [-0.25, -0.2) is 18.9 Å². The zero-order valence-electron chi connectivity index (χ0n) is 17.5. The Bertz CT molecular complexity index is 1500. The van der Waals surface area contributed by atoms with E-state index < -0.39 is 0 Å². The number of pyridine rings is 2. The van der Waals surface area contributed by atoms with Crippen LogP contribution in [0, 0.1) is 12.7 Å². The summed E-state index contributed by atoms with van der Waals surface area (Å²) in [7, 11) is 0. The standard InChI is InChI=1S/C24H17FN6O2/c1-15-13-17(4-5-19(15)25)22-23(31-21(29-22)3-2-9-27-31)18-6-10-26-20(14-18)28-24(32)16-7-11-30(33)12-8-16/h2-14H,1H3,(H-,26,28,32,33)/p+1. The molecule has 0 aliphatic carbocycles. The zero-order chi connectivity index (χ0) is 22.9. The minimum atomic E-state index is -0.370. The molecule has 0 fully saturated rings. The molecule has 0 atom stereocenters. The van der Waals surface area contributed by atoms with Gasteiger partial charge < -0.3 is 5.32 Å². The fraction of sp³-hybridized carbons (Fsp3) is 0.0417. The maximum absolute atomic E-state index is 13.9. The smallest absolute Gasteiger partial charge is 0.257 e. The normalized spacial score (nSPS) is 11.0. The van der Waals surface area contributed by atoms with E-state index >= 15 is 0 Å². The monoisotopic (exact) mass is 441 g/mol. The van der Waals surface area contributed by atoms with Crippen molar-refractivity contribution in [1.29, 1.82) is 0 Å². The molecule has 33 heavy (non-hydrogen) atoms. The molecule has 0 unspecified atom stereocenters. The molecule has 5 aromatic rings. The summed E-state index contributed by atoms with van der Waals surface area (Å²) in [5.41, 5.74) is 4.31. The average molecular weight is 441 g/mol. The van der Waals surface area contributed by atoms with Gasteiger partial charge in [0.1, 0.15) is 17.3 Å². The molecule has 1 amide bonds. The van der Waals surface area contributed by atoms with E-state index in [-0.39, 0.29) is 11.7 Å². The highest BCUT2D eigenvalue weighted by atomic mass is 19.1. The van der Waals surface area contributed by atoms with Gasteiger partial charge in [0.2, 0.25) is 12.4 Å². The maximum Gasteiger partial charge on any atom is 0.257 e. The lowest BCUT2D eigenvalue weighted by Crippen LogP contribution is -2.28. The lowest BCUT2D eigenvalue weighted by atomic mass is 10.0. The largest absolute Gasteiger partial charge is 0.307 e. The third kappa shape index (κ3) is 3.87. The number of nitrogens with zero attached hydrogens (tertiary/aromatic N) is 5. The van der Waals surface area contributed by atoms with Crippen molar-refractivity contribution in [2.24, 2.45) is 0 Å². The second-order valence-corrected chi connectivity index (χ2v) is 7.42. The number of halogens is 1. The molecule has 1 aromatic carbocycles. The number of fused-ring (bicyclic) bond motifs is 1. The van der Waals surface area contributed by atoms with Crippen LogP contribution in [0.25, 0.3) is 28.2 Å². The average Bonchev–Trinajstić information content (AvgIpc) is 3.21. The first-order valence-electron chi connectivity index (χ1n) is 10.1. The SMILES string of the molecule is Cc1cc(-c2nc3cccnn3c2-c2ccnc(NC(=O)c3cc[n+](O)cc3)c2)ccc1F. The summed E-state index contributed by atoms with van der Waals surface area (Å²) in [5, 5.41) is 16.5. The fourth-order valence-corrected chi connectivity index (χ4v) is 3.55. The molecule has 0 saturated carbocycles. The van der Waals surface area contributed by atoms with Gasteiger partial charge in [-0.05, 0) is 55.0 Å². The van der Waals surface area contributed by atoms with Gasteiger partial charge in [0.15, 0.2) is 5.65 Å². The van der Waals surface area contributed by atoms with Gasteiger partial charge in [-0.2, -0.15) is 5.10 Å². The molecule has 4 aromatic heterocycles. The van der Waals surface area contributed by atoms with Gasteiger partial charge in [-0.1, -0.05) is 0 Å². The Kier molecular flexibility index (Phi) is 4.98. The molecule has 0 spiro atoms. The van der Waals surface area contributed by atoms with Crippen LogP contribution >= 0.6 is 0 Å². The lowest BCUT2D eigenvalue weighted by molar-refractivity contribution is -0.904. The van der Waals surface area contributed by atoms with Crippen LogP contribution < -0.4 is 10.0 Å². The minimum Gasteiger partial charge on any atom is -0.307 e. The van der Waals surface area contributed by atoms with Crippen LogP contribution in [0.3, 0.4) is 0 Å². The van der Waals surface area contributed by atoms with Crippen molar-refractivity contribution < 1.29 is 19.1 Å². The molecular formula is C24H18FN6O2+. The summed E-state index contributed by atoms with van der Waals surface area (Å²) < 4.78 is 16.4. The summed E-state index contributed by atoms with van der Waals surface area (Å²) in [4.78, 5) is 21.6. The van der Waals surface area contributed by atoms with Gasteiger partial charge in [0, 0.05) is 40.4 Å². The Labute approximate surface area is 187 Å². The molecule has 2 N–H and O–H groups in total. The molecule has 0 saturated heterocycles. The van der Waals surface area contributed by atoms with Crippen LogP contribution in [0.4, 0.5) is 10.2 Å². The molecule has 8 nitrogen and oxygen atoms in total. The number of rotatable bonds is 4. The van der Waals surface area contributed by atoms with E-state index in [1.54, 1.807) is 54.2 Å². The molecule has 0 aliphatic heterocycles. The quantitative estimate of drug-likeness (QED) is 0.328. The Morgan fingerprint density at radius 3 is 2.67 bits per heavy atom. The molecule has 162 valence electrons. The van der Waals surface area contributed by atoms with E-state index in [9.17, 15) is 14.4 Å². The predicted octanol–water partition coefficient (Wildman–Crippen LogP) is 3.68. The summed E-state index contributed by atoms with van der Waals surface area (Å²) in [6, 6.07) is 15.0. The van der Waals surface area contributed by atoms with Crippen LogP contribution in [0.5, 0.6) is 0 Å². The summed E-state index contributed by atoms with van der Waals surface area (Å²) in [6.07, 6.45) is 5.96. The lowest BCUT2D eigenvalue weighted by Gasteiger charge is -2.09. The molecule has 0 bridgehead atoms. The van der Waals surface area contributed by atoms with E-state index in [0.717, 1.165) is 15.9 Å². The van der Waals surface area contributed by atoms with Crippen LogP contribution in [0.15, 0.2) is 79.4 Å². The fourth-order valence-electron chi connectivity index (χ4n) is 3.55. The summed E-state index contributed by atoms with van der Waals surface area (Å²) in [6.45, 7) is 1.70. The van der Waals surface area contributed by atoms with Gasteiger partial charge in [0.25, 0.3) is 5.91 Å². The summed E-state index contributed by atoms with van der Waals surface area (Å²) in [5.74, 6) is -0.319. The number of carbonyl (C=O) groups excluding carboxylic acids is 1. The van der Waals surface area contributed by atoms with E-state index in [4.69, 9.17) is 4.98 Å². The van der Waals surface area contributed by atoms with Crippen molar-refractivity contribution in [3.8, 4) is 22.5 Å². The van der Waals surface area contributed by atoms with E-state index in [0.29, 0.717) is 34.0 Å². The molecule has 0 aliphatic rings. The Morgan fingerprint density at radius 2 is 1.88 bits per heavy atom. The van der Waals surface area contributed by atoms with Crippen LogP contribution in [0.1, 0.15) is 15.9 Å². The number of aromatic nitrogens is 5. The van der Waals surface area contributed by atoms with E-state index in [1.165, 1.54) is 30.6 Å². The third-order valence-corrected chi connectivity index (χ3v) is 5.18. The topological polar surface area (TPSA) is 96.3 Å².